The van der Waals surface area contributed by atoms with Crippen LogP contribution in [0.1, 0.15) is 13.8 Å². The number of hydrogen-bond acceptors (Lipinski definition) is 5. The van der Waals surface area contributed by atoms with Crippen molar-refractivity contribution in [3.8, 4) is 17.2 Å². The van der Waals surface area contributed by atoms with Gasteiger partial charge >= 0.3 is 0 Å². The van der Waals surface area contributed by atoms with Gasteiger partial charge in [-0.05, 0) is 12.1 Å². The summed E-state index contributed by atoms with van der Waals surface area (Å²) in [6.45, 7) is 3.69. The lowest BCUT2D eigenvalue weighted by Crippen LogP contribution is -2.17. The molecule has 0 aliphatic rings. The first-order chi connectivity index (χ1) is 10.6. The molecule has 0 atom stereocenters. The third-order valence-electron chi connectivity index (χ3n) is 3.24. The molecule has 0 saturated carbocycles. The summed E-state index contributed by atoms with van der Waals surface area (Å²) in [6, 6.07) is 7.64. The summed E-state index contributed by atoms with van der Waals surface area (Å²) < 4.78 is 11.1. The molecule has 1 N–H and O–H groups in total. The van der Waals surface area contributed by atoms with Crippen LogP contribution >= 0.6 is 11.3 Å². The van der Waals surface area contributed by atoms with Crippen LogP contribution in [0.25, 0.3) is 22.4 Å². The number of anilines is 1. The average molecular weight is 316 g/mol. The fourth-order valence-corrected chi connectivity index (χ4v) is 2.72. The van der Waals surface area contributed by atoms with Gasteiger partial charge in [-0.1, -0.05) is 26.0 Å². The van der Waals surface area contributed by atoms with E-state index in [2.05, 4.69) is 10.3 Å². The molecule has 2 heterocycles. The summed E-state index contributed by atoms with van der Waals surface area (Å²) in [5.74, 6) is 1.21. The number of ether oxygens (including phenoxy) is 1. The molecule has 1 aromatic carbocycles. The SMILES string of the molecule is COc1cccc2cc(-c3csc(NC(=O)C(C)C)n3)oc12. The molecule has 3 rings (SSSR count). The Hall–Kier alpha value is -2.34. The standard InChI is InChI=1S/C16H16N2O3S/c1-9(2)15(19)18-16-17-11(8-22-16)13-7-10-5-4-6-12(20-3)14(10)21-13/h4-9H,1-3H3,(H,17,18,19). The van der Waals surface area contributed by atoms with Gasteiger partial charge < -0.3 is 14.5 Å². The molecule has 22 heavy (non-hydrogen) atoms. The van der Waals surface area contributed by atoms with Gasteiger partial charge in [0.1, 0.15) is 5.69 Å². The largest absolute Gasteiger partial charge is 0.493 e. The number of amides is 1. The Balaban J connectivity index is 1.92. The average Bonchev–Trinajstić information content (AvgIpc) is 3.12. The smallest absolute Gasteiger partial charge is 0.228 e. The zero-order chi connectivity index (χ0) is 15.7. The maximum absolute atomic E-state index is 11.7. The molecule has 6 heteroatoms. The molecule has 0 unspecified atom stereocenters. The van der Waals surface area contributed by atoms with Crippen LogP contribution in [0.2, 0.25) is 0 Å². The lowest BCUT2D eigenvalue weighted by Gasteiger charge is -2.03. The number of fused-ring (bicyclic) bond motifs is 1. The lowest BCUT2D eigenvalue weighted by molar-refractivity contribution is -0.118. The Labute approximate surface area is 131 Å². The van der Waals surface area contributed by atoms with Gasteiger partial charge in [0.25, 0.3) is 0 Å². The lowest BCUT2D eigenvalue weighted by atomic mass is 10.2. The van der Waals surface area contributed by atoms with Gasteiger partial charge in [-0.15, -0.1) is 11.3 Å². The van der Waals surface area contributed by atoms with E-state index in [-0.39, 0.29) is 11.8 Å². The Morgan fingerprint density at radius 2 is 2.23 bits per heavy atom. The summed E-state index contributed by atoms with van der Waals surface area (Å²) in [6.07, 6.45) is 0. The molecule has 0 aliphatic carbocycles. The quantitative estimate of drug-likeness (QED) is 0.785. The molecule has 5 nitrogen and oxygen atoms in total. The van der Waals surface area contributed by atoms with E-state index in [1.165, 1.54) is 11.3 Å². The van der Waals surface area contributed by atoms with Crippen LogP contribution < -0.4 is 10.1 Å². The molecule has 0 bridgehead atoms. The number of para-hydroxylation sites is 1. The van der Waals surface area contributed by atoms with Gasteiger partial charge in [-0.2, -0.15) is 0 Å². The zero-order valence-electron chi connectivity index (χ0n) is 12.5. The molecule has 0 saturated heterocycles. The van der Waals surface area contributed by atoms with Gasteiger partial charge in [0.2, 0.25) is 5.91 Å². The fourth-order valence-electron chi connectivity index (χ4n) is 2.02. The summed E-state index contributed by atoms with van der Waals surface area (Å²) in [4.78, 5) is 16.1. The second kappa shape index (κ2) is 5.81. The van der Waals surface area contributed by atoms with Crippen molar-refractivity contribution in [2.75, 3.05) is 12.4 Å². The number of hydrogen-bond donors (Lipinski definition) is 1. The highest BCUT2D eigenvalue weighted by Gasteiger charge is 2.14. The summed E-state index contributed by atoms with van der Waals surface area (Å²) in [5.41, 5.74) is 1.39. The first kappa shape index (κ1) is 14.6. The third kappa shape index (κ3) is 2.69. The molecule has 0 spiro atoms. The van der Waals surface area contributed by atoms with Crippen molar-refractivity contribution < 1.29 is 13.9 Å². The van der Waals surface area contributed by atoms with Gasteiger partial charge in [-0.3, -0.25) is 4.79 Å². The molecular weight excluding hydrogens is 300 g/mol. The van der Waals surface area contributed by atoms with Crippen molar-refractivity contribution in [1.82, 2.24) is 4.98 Å². The molecule has 0 aliphatic heterocycles. The minimum absolute atomic E-state index is 0.0489. The topological polar surface area (TPSA) is 64.4 Å². The number of nitrogens with one attached hydrogen (secondary N) is 1. The van der Waals surface area contributed by atoms with E-state index in [1.807, 2.05) is 43.5 Å². The molecule has 114 valence electrons. The Morgan fingerprint density at radius 3 is 2.95 bits per heavy atom. The van der Waals surface area contributed by atoms with Crippen molar-refractivity contribution in [2.45, 2.75) is 13.8 Å². The number of aromatic nitrogens is 1. The fraction of sp³-hybridized carbons (Fsp3) is 0.250. The third-order valence-corrected chi connectivity index (χ3v) is 4.00. The van der Waals surface area contributed by atoms with Crippen molar-refractivity contribution >= 4 is 33.3 Å². The molecular formula is C16H16N2O3S. The molecule has 3 aromatic rings. The van der Waals surface area contributed by atoms with Crippen molar-refractivity contribution in [3.63, 3.8) is 0 Å². The number of carbonyl (C=O) groups excluding carboxylic acids is 1. The van der Waals surface area contributed by atoms with Gasteiger partial charge in [-0.25, -0.2) is 4.98 Å². The zero-order valence-corrected chi connectivity index (χ0v) is 13.4. The maximum Gasteiger partial charge on any atom is 0.228 e. The minimum atomic E-state index is -0.0807. The van der Waals surface area contributed by atoms with Crippen LogP contribution in [-0.4, -0.2) is 18.0 Å². The van der Waals surface area contributed by atoms with E-state index >= 15 is 0 Å². The first-order valence-electron chi connectivity index (χ1n) is 6.92. The summed E-state index contributed by atoms with van der Waals surface area (Å²) >= 11 is 1.38. The van der Waals surface area contributed by atoms with E-state index in [0.717, 1.165) is 5.39 Å². The number of methoxy groups -OCH3 is 1. The highest BCUT2D eigenvalue weighted by molar-refractivity contribution is 7.14. The van der Waals surface area contributed by atoms with Crippen LogP contribution in [0.5, 0.6) is 5.75 Å². The van der Waals surface area contributed by atoms with Gasteiger partial charge in [0.15, 0.2) is 22.2 Å². The van der Waals surface area contributed by atoms with E-state index in [4.69, 9.17) is 9.15 Å². The molecule has 0 fully saturated rings. The highest BCUT2D eigenvalue weighted by atomic mass is 32.1. The van der Waals surface area contributed by atoms with E-state index in [9.17, 15) is 4.79 Å². The normalized spacial score (nSPS) is 11.1. The number of furan rings is 1. The number of nitrogens with zero attached hydrogens (tertiary/aromatic N) is 1. The van der Waals surface area contributed by atoms with Crippen LogP contribution in [0.3, 0.4) is 0 Å². The Bertz CT molecular complexity index is 820. The first-order valence-corrected chi connectivity index (χ1v) is 7.79. The minimum Gasteiger partial charge on any atom is -0.493 e. The van der Waals surface area contributed by atoms with Crippen LogP contribution in [0.4, 0.5) is 5.13 Å². The van der Waals surface area contributed by atoms with Crippen molar-refractivity contribution in [3.05, 3.63) is 29.6 Å². The Kier molecular flexibility index (Phi) is 3.85. The van der Waals surface area contributed by atoms with Crippen LogP contribution in [0, 0.1) is 5.92 Å². The maximum atomic E-state index is 11.7. The van der Waals surface area contributed by atoms with E-state index in [0.29, 0.717) is 27.9 Å². The van der Waals surface area contributed by atoms with Crippen LogP contribution in [-0.2, 0) is 4.79 Å². The summed E-state index contributed by atoms with van der Waals surface area (Å²) in [5, 5.41) is 6.18. The predicted molar refractivity (Wildman–Crippen MR) is 87.3 cm³/mol. The highest BCUT2D eigenvalue weighted by Crippen LogP contribution is 2.34. The van der Waals surface area contributed by atoms with Crippen molar-refractivity contribution in [1.29, 1.82) is 0 Å². The second-order valence-electron chi connectivity index (χ2n) is 5.17. The molecule has 2 aromatic heterocycles. The number of rotatable bonds is 4. The second-order valence-corrected chi connectivity index (χ2v) is 6.03. The predicted octanol–water partition coefficient (Wildman–Crippen LogP) is 4.16. The number of thiazole rings is 1. The van der Waals surface area contributed by atoms with Crippen molar-refractivity contribution in [2.24, 2.45) is 5.92 Å². The molecule has 1 amide bonds. The monoisotopic (exact) mass is 316 g/mol. The molecule has 0 radical (unpaired) electrons. The van der Waals surface area contributed by atoms with E-state index in [1.54, 1.807) is 7.11 Å². The number of carbonyl (C=O) groups is 1. The summed E-state index contributed by atoms with van der Waals surface area (Å²) in [7, 11) is 1.61. The van der Waals surface area contributed by atoms with Gasteiger partial charge in [0.05, 0.1) is 7.11 Å². The van der Waals surface area contributed by atoms with Gasteiger partial charge in [0, 0.05) is 16.7 Å². The van der Waals surface area contributed by atoms with E-state index < -0.39 is 0 Å². The number of benzene rings is 1. The van der Waals surface area contributed by atoms with Crippen LogP contribution in [0.15, 0.2) is 34.1 Å². The Morgan fingerprint density at radius 1 is 1.41 bits per heavy atom.